The first-order valence-electron chi connectivity index (χ1n) is 14.3. The number of hydrogen-bond acceptors (Lipinski definition) is 10. The van der Waals surface area contributed by atoms with Gasteiger partial charge in [-0.3, -0.25) is 0 Å². The molecule has 0 atom stereocenters. The highest BCUT2D eigenvalue weighted by molar-refractivity contribution is 6.29. The van der Waals surface area contributed by atoms with E-state index in [2.05, 4.69) is 34.7 Å². The first kappa shape index (κ1) is 35.7. The van der Waals surface area contributed by atoms with Gasteiger partial charge in [-0.15, -0.1) is 0 Å². The Balaban J connectivity index is 0.000000187. The summed E-state index contributed by atoms with van der Waals surface area (Å²) in [6.07, 6.45) is 9.62. The average molecular weight is 689 g/mol. The van der Waals surface area contributed by atoms with E-state index in [-0.39, 0.29) is 23.0 Å². The van der Waals surface area contributed by atoms with Crippen molar-refractivity contribution in [3.05, 3.63) is 137 Å². The van der Waals surface area contributed by atoms with Crippen molar-refractivity contribution in [2.45, 2.75) is 13.8 Å². The lowest BCUT2D eigenvalue weighted by molar-refractivity contribution is 0.0586. The Morgan fingerprint density at radius 3 is 1.69 bits per heavy atom. The van der Waals surface area contributed by atoms with Crippen molar-refractivity contribution in [2.75, 3.05) is 25.3 Å². The van der Waals surface area contributed by atoms with Crippen LogP contribution in [-0.4, -0.2) is 55.2 Å². The second-order valence-electron chi connectivity index (χ2n) is 10.1. The summed E-state index contributed by atoms with van der Waals surface area (Å²) in [5.74, 6) is -0.923. The van der Waals surface area contributed by atoms with Crippen molar-refractivity contribution < 1.29 is 27.8 Å². The van der Waals surface area contributed by atoms with Crippen LogP contribution in [0.25, 0.3) is 11.4 Å². The van der Waals surface area contributed by atoms with Gasteiger partial charge in [-0.05, 0) is 79.6 Å². The third kappa shape index (κ3) is 9.92. The smallest absolute Gasteiger partial charge is 0.358 e. The van der Waals surface area contributed by atoms with E-state index in [1.165, 1.54) is 63.3 Å². The molecule has 252 valence electrons. The Hall–Kier alpha value is -6.15. The number of nitrogens with one attached hydrogen (secondary N) is 1. The number of halogens is 3. The van der Waals surface area contributed by atoms with Gasteiger partial charge in [0.15, 0.2) is 11.4 Å². The number of nitrogens with two attached hydrogens (primary N) is 1. The van der Waals surface area contributed by atoms with Gasteiger partial charge in [0.25, 0.3) is 0 Å². The van der Waals surface area contributed by atoms with Gasteiger partial charge < -0.3 is 29.7 Å². The Morgan fingerprint density at radius 2 is 1.20 bits per heavy atom. The summed E-state index contributed by atoms with van der Waals surface area (Å²) < 4.78 is 37.7. The molecule has 0 aliphatic heterocycles. The number of imidazole rings is 2. The molecule has 0 saturated carbocycles. The third-order valence-corrected chi connectivity index (χ3v) is 6.82. The van der Waals surface area contributed by atoms with Crippen LogP contribution in [0.2, 0.25) is 5.15 Å². The first-order valence-corrected chi connectivity index (χ1v) is 14.7. The molecular weight excluding hydrogens is 658 g/mol. The Morgan fingerprint density at radius 1 is 0.735 bits per heavy atom. The highest BCUT2D eigenvalue weighted by Gasteiger charge is 2.13. The minimum atomic E-state index is -0.495. The fraction of sp³-hybridized carbons (Fsp3) is 0.118. The lowest BCUT2D eigenvalue weighted by Crippen LogP contribution is -2.02. The molecule has 6 rings (SSSR count). The van der Waals surface area contributed by atoms with E-state index in [4.69, 9.17) is 17.3 Å². The summed E-state index contributed by atoms with van der Waals surface area (Å²) in [6.45, 7) is 3.80. The van der Waals surface area contributed by atoms with Gasteiger partial charge in [0, 0.05) is 42.2 Å². The number of anilines is 3. The number of aromatic nitrogens is 6. The number of nitrogen functional groups attached to an aromatic ring is 1. The number of methoxy groups -OCH3 is 2. The lowest BCUT2D eigenvalue weighted by Gasteiger charge is -2.10. The molecule has 4 aromatic heterocycles. The summed E-state index contributed by atoms with van der Waals surface area (Å²) >= 11 is 5.83. The molecule has 0 amide bonds. The molecule has 0 radical (unpaired) electrons. The number of carbonyl (C=O) groups excluding carboxylic acids is 2. The van der Waals surface area contributed by atoms with Crippen LogP contribution < -0.4 is 11.1 Å². The minimum absolute atomic E-state index is 0.224. The summed E-state index contributed by atoms with van der Waals surface area (Å²) in [5, 5.41) is 3.49. The van der Waals surface area contributed by atoms with E-state index in [1.54, 1.807) is 52.1 Å². The van der Waals surface area contributed by atoms with Gasteiger partial charge >= 0.3 is 11.9 Å². The van der Waals surface area contributed by atoms with E-state index < -0.39 is 11.9 Å². The Labute approximate surface area is 285 Å². The number of aryl methyl sites for hydroxylation is 2. The SMILES string of the molecule is COC(=O)c1cn(-c2cc(Cl)ncc2C)cn1.COC(=O)c1cn(-c2cc(Nc3ccc(F)cc3)ncc2C)cn1.Nc1ccc(F)cc1. The normalized spacial score (nSPS) is 10.2. The molecule has 0 aliphatic carbocycles. The summed E-state index contributed by atoms with van der Waals surface area (Å²) in [6, 6.07) is 15.2. The maximum Gasteiger partial charge on any atom is 0.358 e. The van der Waals surface area contributed by atoms with Gasteiger partial charge in [0.05, 0.1) is 25.6 Å². The second kappa shape index (κ2) is 16.6. The Kier molecular flexibility index (Phi) is 12.1. The number of pyridine rings is 2. The molecule has 0 saturated heterocycles. The monoisotopic (exact) mass is 688 g/mol. The molecule has 0 fully saturated rings. The van der Waals surface area contributed by atoms with Crippen LogP contribution in [0.15, 0.2) is 98.1 Å². The van der Waals surface area contributed by atoms with Crippen molar-refractivity contribution in [3.63, 3.8) is 0 Å². The number of benzene rings is 2. The topological polar surface area (TPSA) is 152 Å². The van der Waals surface area contributed by atoms with Gasteiger partial charge in [-0.1, -0.05) is 11.6 Å². The molecule has 2 aromatic carbocycles. The van der Waals surface area contributed by atoms with E-state index in [9.17, 15) is 18.4 Å². The largest absolute Gasteiger partial charge is 0.464 e. The molecule has 3 N–H and O–H groups in total. The predicted octanol–water partition coefficient (Wildman–Crippen LogP) is 6.67. The highest BCUT2D eigenvalue weighted by Crippen LogP contribution is 2.21. The van der Waals surface area contributed by atoms with E-state index >= 15 is 0 Å². The fourth-order valence-electron chi connectivity index (χ4n) is 4.10. The zero-order valence-corrected chi connectivity index (χ0v) is 27.5. The van der Waals surface area contributed by atoms with E-state index in [1.807, 2.05) is 19.9 Å². The van der Waals surface area contributed by atoms with Crippen LogP contribution in [0.1, 0.15) is 32.1 Å². The van der Waals surface area contributed by atoms with Gasteiger partial charge in [-0.2, -0.15) is 0 Å². The maximum atomic E-state index is 13.0. The zero-order chi connectivity index (χ0) is 35.5. The van der Waals surface area contributed by atoms with Crippen LogP contribution in [0.5, 0.6) is 0 Å². The molecule has 0 aliphatic rings. The molecule has 0 spiro atoms. The van der Waals surface area contributed by atoms with Crippen molar-refractivity contribution in [2.24, 2.45) is 0 Å². The number of carbonyl (C=O) groups is 2. The van der Waals surface area contributed by atoms with Gasteiger partial charge in [-0.25, -0.2) is 38.3 Å². The summed E-state index contributed by atoms with van der Waals surface area (Å²) in [5.41, 5.74) is 10.5. The summed E-state index contributed by atoms with van der Waals surface area (Å²) in [7, 11) is 2.62. The fourth-order valence-corrected chi connectivity index (χ4v) is 4.25. The Bertz CT molecular complexity index is 2010. The zero-order valence-electron chi connectivity index (χ0n) is 26.8. The number of esters is 2. The van der Waals surface area contributed by atoms with Gasteiger partial charge in [0.2, 0.25) is 0 Å². The molecule has 0 unspecified atom stereocenters. The summed E-state index contributed by atoms with van der Waals surface area (Å²) in [4.78, 5) is 39.1. The van der Waals surface area contributed by atoms with Crippen molar-refractivity contribution in [1.82, 2.24) is 29.1 Å². The van der Waals surface area contributed by atoms with Crippen LogP contribution in [0.3, 0.4) is 0 Å². The van der Waals surface area contributed by atoms with Gasteiger partial charge in [0.1, 0.15) is 35.3 Å². The van der Waals surface area contributed by atoms with Crippen molar-refractivity contribution in [3.8, 4) is 11.4 Å². The molecule has 12 nitrogen and oxygen atoms in total. The minimum Gasteiger partial charge on any atom is -0.464 e. The molecular formula is C34H31ClF2N8O4. The van der Waals surface area contributed by atoms with Crippen molar-refractivity contribution >= 4 is 40.7 Å². The molecule has 49 heavy (non-hydrogen) atoms. The van der Waals surface area contributed by atoms with Crippen LogP contribution in [-0.2, 0) is 9.47 Å². The van der Waals surface area contributed by atoms with Crippen molar-refractivity contribution in [1.29, 1.82) is 0 Å². The quantitative estimate of drug-likeness (QED) is 0.110. The average Bonchev–Trinajstić information content (AvgIpc) is 3.80. The number of rotatable bonds is 6. The number of ether oxygens (including phenoxy) is 2. The van der Waals surface area contributed by atoms with E-state index in [0.717, 1.165) is 28.2 Å². The number of hydrogen-bond donors (Lipinski definition) is 2. The first-order chi connectivity index (χ1) is 23.5. The predicted molar refractivity (Wildman–Crippen MR) is 180 cm³/mol. The highest BCUT2D eigenvalue weighted by atomic mass is 35.5. The molecule has 15 heteroatoms. The maximum absolute atomic E-state index is 13.0. The third-order valence-electron chi connectivity index (χ3n) is 6.61. The molecule has 0 bridgehead atoms. The molecule has 6 aromatic rings. The number of nitrogens with zero attached hydrogens (tertiary/aromatic N) is 6. The van der Waals surface area contributed by atoms with Crippen LogP contribution in [0, 0.1) is 25.5 Å². The van der Waals surface area contributed by atoms with E-state index in [0.29, 0.717) is 16.7 Å². The van der Waals surface area contributed by atoms with Crippen LogP contribution >= 0.6 is 11.6 Å². The standard InChI is InChI=1S/C17H15FN4O2.C11H10ClN3O2.C6H6FN/c1-11-8-19-16(21-13-5-3-12(18)4-6-13)7-15(11)22-9-14(20-10-22)17(23)24-2;1-7-4-13-10(12)3-9(7)15-5-8(14-6-15)11(16)17-2;7-5-1-3-6(8)4-2-5/h3-10H,1-2H3,(H,19,21);3-6H,1-2H3;1-4H,8H2. The molecule has 4 heterocycles. The second-order valence-corrected chi connectivity index (χ2v) is 10.5. The van der Waals surface area contributed by atoms with Crippen LogP contribution in [0.4, 0.5) is 26.0 Å². The lowest BCUT2D eigenvalue weighted by atomic mass is 10.2.